The molecule has 5 nitrogen and oxygen atoms in total. The van der Waals surface area contributed by atoms with E-state index in [9.17, 15) is 4.79 Å². The lowest BCUT2D eigenvalue weighted by atomic mass is 10.0. The molecule has 1 amide bonds. The number of para-hydroxylation sites is 3. The van der Waals surface area contributed by atoms with E-state index in [0.29, 0.717) is 25.5 Å². The van der Waals surface area contributed by atoms with Gasteiger partial charge < -0.3 is 14.6 Å². The summed E-state index contributed by atoms with van der Waals surface area (Å²) < 4.78 is 8.45. The number of rotatable bonds is 13. The second-order valence-corrected chi connectivity index (χ2v) is 9.53. The molecule has 1 N–H and O–H groups in total. The molecular formula is C31H37N3O2. The zero-order chi connectivity index (χ0) is 25.2. The third-order valence-corrected chi connectivity index (χ3v) is 6.42. The van der Waals surface area contributed by atoms with E-state index in [1.807, 2.05) is 42.5 Å². The molecule has 4 aromatic rings. The van der Waals surface area contributed by atoms with Crippen molar-refractivity contribution in [3.8, 4) is 5.75 Å². The number of unbranched alkanes of at least 4 members (excludes halogenated alkanes) is 1. The molecule has 1 heterocycles. The first kappa shape index (κ1) is 25.5. The van der Waals surface area contributed by atoms with Gasteiger partial charge in [-0.05, 0) is 54.5 Å². The average Bonchev–Trinajstić information content (AvgIpc) is 3.24. The third-order valence-electron chi connectivity index (χ3n) is 6.42. The van der Waals surface area contributed by atoms with Crippen LogP contribution in [-0.2, 0) is 24.2 Å². The summed E-state index contributed by atoms with van der Waals surface area (Å²) in [5.74, 6) is 2.59. The van der Waals surface area contributed by atoms with E-state index in [4.69, 9.17) is 9.72 Å². The Morgan fingerprint density at radius 2 is 1.67 bits per heavy atom. The normalized spacial score (nSPS) is 11.2. The summed E-state index contributed by atoms with van der Waals surface area (Å²) >= 11 is 0. The number of ether oxygens (including phenoxy) is 1. The molecular weight excluding hydrogens is 446 g/mol. The summed E-state index contributed by atoms with van der Waals surface area (Å²) in [6.45, 7) is 6.66. The predicted octanol–water partition coefficient (Wildman–Crippen LogP) is 6.31. The van der Waals surface area contributed by atoms with Crippen molar-refractivity contribution < 1.29 is 9.53 Å². The molecule has 1 aromatic heterocycles. The molecule has 36 heavy (non-hydrogen) atoms. The predicted molar refractivity (Wildman–Crippen MR) is 146 cm³/mol. The number of hydrogen-bond donors (Lipinski definition) is 1. The van der Waals surface area contributed by atoms with Gasteiger partial charge in [0.15, 0.2) is 0 Å². The van der Waals surface area contributed by atoms with Crippen molar-refractivity contribution in [2.75, 3.05) is 13.2 Å². The van der Waals surface area contributed by atoms with E-state index in [-0.39, 0.29) is 5.91 Å². The number of benzene rings is 3. The number of aromatic nitrogens is 2. The number of nitrogens with one attached hydrogen (secondary N) is 1. The molecule has 188 valence electrons. The molecule has 0 bridgehead atoms. The van der Waals surface area contributed by atoms with Crippen LogP contribution in [0.4, 0.5) is 0 Å². The van der Waals surface area contributed by atoms with Crippen LogP contribution in [0.15, 0.2) is 78.9 Å². The summed E-state index contributed by atoms with van der Waals surface area (Å²) in [4.78, 5) is 17.1. The Balaban J connectivity index is 1.27. The van der Waals surface area contributed by atoms with Gasteiger partial charge in [0.2, 0.25) is 5.91 Å². The highest BCUT2D eigenvalue weighted by Gasteiger charge is 2.11. The number of carbonyl (C=O) groups is 1. The number of aryl methyl sites for hydroxylation is 2. The maximum atomic E-state index is 12.3. The lowest BCUT2D eigenvalue weighted by Crippen LogP contribution is -2.26. The van der Waals surface area contributed by atoms with Gasteiger partial charge in [-0.3, -0.25) is 4.79 Å². The zero-order valence-corrected chi connectivity index (χ0v) is 21.5. The summed E-state index contributed by atoms with van der Waals surface area (Å²) in [5.41, 5.74) is 4.50. The van der Waals surface area contributed by atoms with Crippen molar-refractivity contribution in [1.82, 2.24) is 14.9 Å². The van der Waals surface area contributed by atoms with Gasteiger partial charge in [-0.2, -0.15) is 0 Å². The fraction of sp³-hybridized carbons (Fsp3) is 0.355. The molecule has 0 atom stereocenters. The highest BCUT2D eigenvalue weighted by Crippen LogP contribution is 2.26. The molecule has 0 saturated carbocycles. The van der Waals surface area contributed by atoms with Crippen molar-refractivity contribution in [1.29, 1.82) is 0 Å². The van der Waals surface area contributed by atoms with Crippen LogP contribution in [0.2, 0.25) is 0 Å². The molecule has 0 unspecified atom stereocenters. The summed E-state index contributed by atoms with van der Waals surface area (Å²) in [6, 6.07) is 26.5. The van der Waals surface area contributed by atoms with E-state index in [1.54, 1.807) is 0 Å². The quantitative estimate of drug-likeness (QED) is 0.227. The molecule has 4 rings (SSSR count). The summed E-state index contributed by atoms with van der Waals surface area (Å²) in [6.07, 6.45) is 4.11. The second kappa shape index (κ2) is 12.9. The first-order valence-corrected chi connectivity index (χ1v) is 13.1. The van der Waals surface area contributed by atoms with Crippen LogP contribution in [0.25, 0.3) is 11.0 Å². The van der Waals surface area contributed by atoms with Gasteiger partial charge in [-0.1, -0.05) is 74.5 Å². The van der Waals surface area contributed by atoms with Crippen molar-refractivity contribution in [2.45, 2.75) is 58.4 Å². The molecule has 0 aliphatic heterocycles. The maximum absolute atomic E-state index is 12.3. The highest BCUT2D eigenvalue weighted by molar-refractivity contribution is 5.78. The van der Waals surface area contributed by atoms with Crippen LogP contribution >= 0.6 is 0 Å². The number of fused-ring (bicyclic) bond motifs is 1. The number of nitrogens with zero attached hydrogens (tertiary/aromatic N) is 2. The molecule has 3 aromatic carbocycles. The summed E-state index contributed by atoms with van der Waals surface area (Å²) in [5, 5.41) is 3.05. The molecule has 0 fully saturated rings. The van der Waals surface area contributed by atoms with Crippen LogP contribution in [0.1, 0.15) is 56.0 Å². The van der Waals surface area contributed by atoms with E-state index in [1.165, 1.54) is 11.1 Å². The Hall–Kier alpha value is -3.60. The van der Waals surface area contributed by atoms with Gasteiger partial charge in [0.1, 0.15) is 11.6 Å². The molecule has 0 aliphatic rings. The summed E-state index contributed by atoms with van der Waals surface area (Å²) in [7, 11) is 0. The lowest BCUT2D eigenvalue weighted by molar-refractivity contribution is -0.120. The Kier molecular flexibility index (Phi) is 9.15. The minimum Gasteiger partial charge on any atom is -0.493 e. The van der Waals surface area contributed by atoms with Gasteiger partial charge >= 0.3 is 0 Å². The van der Waals surface area contributed by atoms with Crippen molar-refractivity contribution in [3.05, 3.63) is 95.8 Å². The molecule has 5 heteroatoms. The first-order valence-electron chi connectivity index (χ1n) is 13.1. The van der Waals surface area contributed by atoms with Gasteiger partial charge in [-0.25, -0.2) is 4.98 Å². The first-order chi connectivity index (χ1) is 17.6. The maximum Gasteiger partial charge on any atom is 0.224 e. The number of amides is 1. The number of imidazole rings is 1. The average molecular weight is 484 g/mol. The fourth-order valence-electron chi connectivity index (χ4n) is 4.53. The topological polar surface area (TPSA) is 56.1 Å². The minimum absolute atomic E-state index is 0.0637. The van der Waals surface area contributed by atoms with Crippen LogP contribution < -0.4 is 10.1 Å². The Morgan fingerprint density at radius 3 is 2.50 bits per heavy atom. The fourth-order valence-corrected chi connectivity index (χ4v) is 4.53. The smallest absolute Gasteiger partial charge is 0.224 e. The van der Waals surface area contributed by atoms with Crippen LogP contribution in [0.5, 0.6) is 5.75 Å². The lowest BCUT2D eigenvalue weighted by Gasteiger charge is -2.14. The molecule has 0 spiro atoms. The van der Waals surface area contributed by atoms with Crippen LogP contribution in [0.3, 0.4) is 0 Å². The van der Waals surface area contributed by atoms with Gasteiger partial charge in [0.25, 0.3) is 0 Å². The van der Waals surface area contributed by atoms with E-state index < -0.39 is 0 Å². The molecule has 0 aliphatic carbocycles. The van der Waals surface area contributed by atoms with Gasteiger partial charge in [-0.15, -0.1) is 0 Å². The zero-order valence-electron chi connectivity index (χ0n) is 21.5. The van der Waals surface area contributed by atoms with Crippen molar-refractivity contribution >= 4 is 16.9 Å². The Morgan fingerprint density at radius 1 is 0.917 bits per heavy atom. The monoisotopic (exact) mass is 483 g/mol. The van der Waals surface area contributed by atoms with Crippen molar-refractivity contribution in [3.63, 3.8) is 0 Å². The molecule has 0 radical (unpaired) electrons. The minimum atomic E-state index is 0.0637. The van der Waals surface area contributed by atoms with E-state index >= 15 is 0 Å². The van der Waals surface area contributed by atoms with Crippen LogP contribution in [0, 0.1) is 0 Å². The number of hydrogen-bond acceptors (Lipinski definition) is 3. The third kappa shape index (κ3) is 6.97. The van der Waals surface area contributed by atoms with Gasteiger partial charge in [0.05, 0.1) is 24.1 Å². The number of carbonyl (C=O) groups excluding carboxylic acids is 1. The SMILES string of the molecule is CC(C)c1ccccc1OCCCCn1c(CCCNC(=O)Cc2ccccc2)nc2ccccc21. The van der Waals surface area contributed by atoms with Gasteiger partial charge in [0, 0.05) is 19.5 Å². The van der Waals surface area contributed by atoms with Crippen molar-refractivity contribution in [2.24, 2.45) is 0 Å². The Bertz CT molecular complexity index is 1250. The molecule has 0 saturated heterocycles. The second-order valence-electron chi connectivity index (χ2n) is 9.53. The van der Waals surface area contributed by atoms with E-state index in [2.05, 4.69) is 60.1 Å². The highest BCUT2D eigenvalue weighted by atomic mass is 16.5. The standard InChI is InChI=1S/C31H37N3O2/c1-24(2)26-15-6-9-18-29(26)36-22-11-10-21-34-28-17-8-7-16-27(28)33-30(34)19-12-20-32-31(35)23-25-13-4-3-5-14-25/h3-9,13-18,24H,10-12,19-23H2,1-2H3,(H,32,35). The Labute approximate surface area is 214 Å². The van der Waals surface area contributed by atoms with E-state index in [0.717, 1.165) is 54.9 Å². The van der Waals surface area contributed by atoms with Crippen LogP contribution in [-0.4, -0.2) is 28.6 Å². The largest absolute Gasteiger partial charge is 0.493 e.